The average Bonchev–Trinajstić information content (AvgIpc) is 3.12. The largest absolute Gasteiger partial charge is 0.494 e. The van der Waals surface area contributed by atoms with Gasteiger partial charge in [0, 0.05) is 35.8 Å². The van der Waals surface area contributed by atoms with Gasteiger partial charge in [0.1, 0.15) is 5.82 Å². The first-order valence-electron chi connectivity index (χ1n) is 10.4. The Kier molecular flexibility index (Phi) is 5.01. The van der Waals surface area contributed by atoms with Crippen LogP contribution in [0.2, 0.25) is 0 Å². The molecule has 0 fully saturated rings. The number of aromatic nitrogens is 2. The van der Waals surface area contributed by atoms with E-state index in [0.717, 1.165) is 44.3 Å². The van der Waals surface area contributed by atoms with E-state index in [9.17, 15) is 13.6 Å². The minimum atomic E-state index is -0.439. The zero-order chi connectivity index (χ0) is 22.4. The van der Waals surface area contributed by atoms with E-state index >= 15 is 0 Å². The van der Waals surface area contributed by atoms with Crippen molar-refractivity contribution in [2.45, 2.75) is 19.4 Å². The molecule has 1 aliphatic rings. The number of pyridine rings is 1. The first kappa shape index (κ1) is 20.4. The van der Waals surface area contributed by atoms with E-state index in [1.54, 1.807) is 18.2 Å². The number of primary amides is 1. The number of hydrogen-bond donors (Lipinski definition) is 2. The third kappa shape index (κ3) is 3.56. The number of ether oxygens (including phenoxy) is 1. The summed E-state index contributed by atoms with van der Waals surface area (Å²) in [7, 11) is 1.42. The highest BCUT2D eigenvalue weighted by Gasteiger charge is 2.25. The SMILES string of the molecule is COc1ccc(Cc2nc3c(c4c2[nH]c2ccc(F)cc24)CCN(CC(N)=O)C3)cc1F. The van der Waals surface area contributed by atoms with Crippen LogP contribution in [-0.4, -0.2) is 41.0 Å². The fourth-order valence-electron chi connectivity index (χ4n) is 4.58. The number of H-pyrrole nitrogens is 1. The Balaban J connectivity index is 1.67. The molecule has 0 radical (unpaired) electrons. The second-order valence-electron chi connectivity index (χ2n) is 8.12. The summed E-state index contributed by atoms with van der Waals surface area (Å²) in [5, 5.41) is 1.73. The maximum Gasteiger partial charge on any atom is 0.231 e. The van der Waals surface area contributed by atoms with Gasteiger partial charge in [-0.2, -0.15) is 0 Å². The van der Waals surface area contributed by atoms with E-state index < -0.39 is 11.7 Å². The summed E-state index contributed by atoms with van der Waals surface area (Å²) in [5.41, 5.74) is 10.4. The summed E-state index contributed by atoms with van der Waals surface area (Å²) in [6.45, 7) is 1.29. The lowest BCUT2D eigenvalue weighted by Gasteiger charge is -2.28. The van der Waals surface area contributed by atoms with Crippen LogP contribution in [0.15, 0.2) is 36.4 Å². The van der Waals surface area contributed by atoms with E-state index in [1.807, 2.05) is 4.90 Å². The molecule has 0 bridgehead atoms. The van der Waals surface area contributed by atoms with E-state index in [4.69, 9.17) is 15.5 Å². The molecule has 2 aromatic heterocycles. The maximum atomic E-state index is 14.3. The van der Waals surface area contributed by atoms with Crippen molar-refractivity contribution in [3.05, 3.63) is 70.5 Å². The molecule has 0 saturated heterocycles. The molecule has 0 spiro atoms. The van der Waals surface area contributed by atoms with Gasteiger partial charge in [0.15, 0.2) is 11.6 Å². The Labute approximate surface area is 183 Å². The zero-order valence-corrected chi connectivity index (χ0v) is 17.5. The van der Waals surface area contributed by atoms with Crippen molar-refractivity contribution in [2.75, 3.05) is 20.2 Å². The fourth-order valence-corrected chi connectivity index (χ4v) is 4.58. The number of methoxy groups -OCH3 is 1. The van der Waals surface area contributed by atoms with Crippen LogP contribution in [0.3, 0.4) is 0 Å². The van der Waals surface area contributed by atoms with Crippen molar-refractivity contribution in [3.8, 4) is 5.75 Å². The normalized spacial score (nSPS) is 14.1. The van der Waals surface area contributed by atoms with Crippen LogP contribution in [0.1, 0.15) is 22.5 Å². The van der Waals surface area contributed by atoms with Crippen LogP contribution >= 0.6 is 0 Å². The summed E-state index contributed by atoms with van der Waals surface area (Å²) >= 11 is 0. The quantitative estimate of drug-likeness (QED) is 0.502. The Hall–Kier alpha value is -3.52. The third-order valence-electron chi connectivity index (χ3n) is 5.99. The lowest BCUT2D eigenvalue weighted by Crippen LogP contribution is -2.38. The number of nitrogens with two attached hydrogens (primary N) is 1. The van der Waals surface area contributed by atoms with Gasteiger partial charge in [-0.1, -0.05) is 6.07 Å². The van der Waals surface area contributed by atoms with Crippen LogP contribution in [0.4, 0.5) is 8.78 Å². The lowest BCUT2D eigenvalue weighted by molar-refractivity contribution is -0.119. The molecule has 164 valence electrons. The highest BCUT2D eigenvalue weighted by molar-refractivity contribution is 6.10. The molecule has 1 amide bonds. The second kappa shape index (κ2) is 7.87. The Morgan fingerprint density at radius 1 is 1.25 bits per heavy atom. The van der Waals surface area contributed by atoms with Crippen LogP contribution in [0.25, 0.3) is 21.8 Å². The molecule has 0 aliphatic carbocycles. The van der Waals surface area contributed by atoms with Gasteiger partial charge >= 0.3 is 0 Å². The summed E-state index contributed by atoms with van der Waals surface area (Å²) in [6.07, 6.45) is 1.06. The molecule has 8 heteroatoms. The monoisotopic (exact) mass is 436 g/mol. The van der Waals surface area contributed by atoms with Crippen molar-refractivity contribution in [2.24, 2.45) is 5.73 Å². The Bertz CT molecular complexity index is 1370. The molecule has 0 atom stereocenters. The van der Waals surface area contributed by atoms with Gasteiger partial charge < -0.3 is 15.5 Å². The van der Waals surface area contributed by atoms with Crippen molar-refractivity contribution < 1.29 is 18.3 Å². The molecule has 32 heavy (non-hydrogen) atoms. The zero-order valence-electron chi connectivity index (χ0n) is 17.5. The number of carbonyl (C=O) groups is 1. The van der Waals surface area contributed by atoms with Crippen molar-refractivity contribution >= 4 is 27.7 Å². The molecule has 6 nitrogen and oxygen atoms in total. The van der Waals surface area contributed by atoms with Crippen LogP contribution in [0.5, 0.6) is 5.75 Å². The van der Waals surface area contributed by atoms with Crippen LogP contribution in [-0.2, 0) is 24.2 Å². The highest BCUT2D eigenvalue weighted by atomic mass is 19.1. The van der Waals surface area contributed by atoms with Crippen molar-refractivity contribution in [1.29, 1.82) is 0 Å². The van der Waals surface area contributed by atoms with E-state index in [2.05, 4.69) is 4.98 Å². The van der Waals surface area contributed by atoms with E-state index in [0.29, 0.717) is 25.9 Å². The summed E-state index contributed by atoms with van der Waals surface area (Å²) in [4.78, 5) is 21.7. The molecule has 3 heterocycles. The maximum absolute atomic E-state index is 14.3. The van der Waals surface area contributed by atoms with Gasteiger partial charge in [0.05, 0.1) is 30.6 Å². The van der Waals surface area contributed by atoms with Gasteiger partial charge in [0.25, 0.3) is 0 Å². The molecule has 5 rings (SSSR count). The standard InChI is InChI=1S/C24H22F2N4O2/c1-32-21-5-2-13(8-17(21)26)9-19-24-23(16-10-14(25)3-4-18(16)29-24)15-6-7-30(12-22(27)31)11-20(15)28-19/h2-5,8,10,29H,6-7,9,11-12H2,1H3,(H2,27,31). The number of fused-ring (bicyclic) bond motifs is 5. The van der Waals surface area contributed by atoms with Gasteiger partial charge in [0.2, 0.25) is 5.91 Å². The first-order valence-corrected chi connectivity index (χ1v) is 10.4. The number of aromatic amines is 1. The van der Waals surface area contributed by atoms with E-state index in [1.165, 1.54) is 25.3 Å². The average molecular weight is 436 g/mol. The summed E-state index contributed by atoms with van der Waals surface area (Å²) in [6, 6.07) is 9.50. The van der Waals surface area contributed by atoms with Gasteiger partial charge in [-0.15, -0.1) is 0 Å². The molecular formula is C24H22F2N4O2. The molecule has 4 aromatic rings. The topological polar surface area (TPSA) is 84.2 Å². The molecule has 3 N–H and O–H groups in total. The molecular weight excluding hydrogens is 414 g/mol. The van der Waals surface area contributed by atoms with E-state index in [-0.39, 0.29) is 18.1 Å². The number of halogens is 2. The van der Waals surface area contributed by atoms with Crippen molar-refractivity contribution in [3.63, 3.8) is 0 Å². The van der Waals surface area contributed by atoms with Gasteiger partial charge in [-0.25, -0.2) is 8.78 Å². The predicted molar refractivity (Wildman–Crippen MR) is 117 cm³/mol. The highest BCUT2D eigenvalue weighted by Crippen LogP contribution is 2.35. The van der Waals surface area contributed by atoms with Crippen molar-refractivity contribution in [1.82, 2.24) is 14.9 Å². The summed E-state index contributed by atoms with van der Waals surface area (Å²) < 4.78 is 33.4. The molecule has 2 aromatic carbocycles. The number of carbonyl (C=O) groups excluding carboxylic acids is 1. The van der Waals surface area contributed by atoms with Gasteiger partial charge in [-0.3, -0.25) is 14.7 Å². The minimum Gasteiger partial charge on any atom is -0.494 e. The number of rotatable bonds is 5. The number of nitrogens with zero attached hydrogens (tertiary/aromatic N) is 2. The molecule has 0 saturated carbocycles. The van der Waals surface area contributed by atoms with Gasteiger partial charge in [-0.05, 0) is 47.9 Å². The Morgan fingerprint density at radius 3 is 2.84 bits per heavy atom. The fraction of sp³-hybridized carbons (Fsp3) is 0.250. The summed E-state index contributed by atoms with van der Waals surface area (Å²) in [5.74, 6) is -0.961. The second-order valence-corrected chi connectivity index (χ2v) is 8.12. The number of amides is 1. The van der Waals surface area contributed by atoms with Crippen LogP contribution in [0, 0.1) is 11.6 Å². The minimum absolute atomic E-state index is 0.153. The Morgan fingerprint density at radius 2 is 2.09 bits per heavy atom. The third-order valence-corrected chi connectivity index (χ3v) is 5.99. The molecule has 0 unspecified atom stereocenters. The lowest BCUT2D eigenvalue weighted by atomic mass is 9.96. The first-order chi connectivity index (χ1) is 15.4. The van der Waals surface area contributed by atoms with Crippen LogP contribution < -0.4 is 10.5 Å². The number of hydrogen-bond acceptors (Lipinski definition) is 4. The smallest absolute Gasteiger partial charge is 0.231 e. The predicted octanol–water partition coefficient (Wildman–Crippen LogP) is 3.44. The number of benzene rings is 2. The molecule has 1 aliphatic heterocycles. The number of nitrogens with one attached hydrogen (secondary N) is 1.